The first-order valence-corrected chi connectivity index (χ1v) is 7.23. The summed E-state index contributed by atoms with van der Waals surface area (Å²) in [6.45, 7) is 1.96. The van der Waals surface area contributed by atoms with Gasteiger partial charge in [0.1, 0.15) is 17.5 Å². The molecule has 3 nitrogen and oxygen atoms in total. The molecule has 1 aromatic rings. The molecule has 2 unspecified atom stereocenters. The minimum Gasteiger partial charge on any atom is -0.298 e. The average molecular weight is 271 g/mol. The van der Waals surface area contributed by atoms with Gasteiger partial charge in [0.15, 0.2) is 0 Å². The smallest absolute Gasteiger partial charge is 0.149 e. The summed E-state index contributed by atoms with van der Waals surface area (Å²) in [6, 6.07) is 10.0. The van der Waals surface area contributed by atoms with E-state index in [0.29, 0.717) is 19.3 Å². The Kier molecular flexibility index (Phi) is 4.83. The lowest BCUT2D eigenvalue weighted by Gasteiger charge is -2.28. The lowest BCUT2D eigenvalue weighted by molar-refractivity contribution is -0.130. The highest BCUT2D eigenvalue weighted by Crippen LogP contribution is 2.33. The Morgan fingerprint density at radius 2 is 1.95 bits per heavy atom. The van der Waals surface area contributed by atoms with E-state index in [4.69, 9.17) is 0 Å². The molecule has 1 fully saturated rings. The van der Waals surface area contributed by atoms with E-state index in [0.717, 1.165) is 17.7 Å². The van der Waals surface area contributed by atoms with Gasteiger partial charge in [0.05, 0.1) is 0 Å². The third-order valence-corrected chi connectivity index (χ3v) is 3.93. The number of carbonyl (C=O) groups is 2. The molecular weight excluding hydrogens is 250 g/mol. The van der Waals surface area contributed by atoms with Gasteiger partial charge in [0, 0.05) is 25.6 Å². The molecule has 0 heterocycles. The molecule has 1 aliphatic carbocycles. The van der Waals surface area contributed by atoms with Crippen LogP contribution in [0.1, 0.15) is 44.1 Å². The Labute approximate surface area is 120 Å². The van der Waals surface area contributed by atoms with Crippen LogP contribution in [0.25, 0.3) is 0 Å². The normalized spacial score (nSPS) is 24.9. The molecule has 0 spiro atoms. The predicted octanol–water partition coefficient (Wildman–Crippen LogP) is 3.19. The van der Waals surface area contributed by atoms with Crippen LogP contribution in [-0.4, -0.2) is 24.3 Å². The Morgan fingerprint density at radius 3 is 2.55 bits per heavy atom. The van der Waals surface area contributed by atoms with Crippen molar-refractivity contribution >= 4 is 17.3 Å². The van der Waals surface area contributed by atoms with Gasteiger partial charge >= 0.3 is 0 Å². The fourth-order valence-corrected chi connectivity index (χ4v) is 2.93. The third-order valence-electron chi connectivity index (χ3n) is 3.93. The molecule has 0 amide bonds. The number of hydrogen-bond donors (Lipinski definition) is 0. The summed E-state index contributed by atoms with van der Waals surface area (Å²) in [4.78, 5) is 28.7. The predicted molar refractivity (Wildman–Crippen MR) is 80.2 cm³/mol. The van der Waals surface area contributed by atoms with E-state index in [1.165, 1.54) is 0 Å². The summed E-state index contributed by atoms with van der Waals surface area (Å²) in [6.07, 6.45) is 2.41. The monoisotopic (exact) mass is 271 g/mol. The van der Waals surface area contributed by atoms with E-state index in [1.54, 1.807) is 7.05 Å². The van der Waals surface area contributed by atoms with Crippen molar-refractivity contribution in [1.29, 1.82) is 0 Å². The number of carbonyl (C=O) groups excluding carboxylic acids is 2. The summed E-state index contributed by atoms with van der Waals surface area (Å²) >= 11 is 0. The molecule has 2 rings (SSSR count). The lowest BCUT2D eigenvalue weighted by atomic mass is 9.74. The number of aliphatic imine (C=N–C) groups is 1. The number of rotatable bonds is 4. The molecule has 3 heteroatoms. The van der Waals surface area contributed by atoms with Crippen molar-refractivity contribution in [3.05, 3.63) is 35.9 Å². The van der Waals surface area contributed by atoms with Crippen LogP contribution in [0.4, 0.5) is 0 Å². The van der Waals surface area contributed by atoms with Gasteiger partial charge in [-0.2, -0.15) is 0 Å². The summed E-state index contributed by atoms with van der Waals surface area (Å²) in [5, 5.41) is 0. The quantitative estimate of drug-likeness (QED) is 0.789. The van der Waals surface area contributed by atoms with Crippen LogP contribution in [-0.2, 0) is 9.59 Å². The van der Waals surface area contributed by atoms with Crippen molar-refractivity contribution in [2.75, 3.05) is 7.05 Å². The van der Waals surface area contributed by atoms with Gasteiger partial charge < -0.3 is 0 Å². The zero-order chi connectivity index (χ0) is 14.5. The van der Waals surface area contributed by atoms with E-state index >= 15 is 0 Å². The first-order valence-electron chi connectivity index (χ1n) is 7.23. The van der Waals surface area contributed by atoms with Crippen LogP contribution >= 0.6 is 0 Å². The van der Waals surface area contributed by atoms with Gasteiger partial charge in [-0.25, -0.2) is 0 Å². The third kappa shape index (κ3) is 3.03. The standard InChI is InChI=1S/C17H21NO2/c1-3-7-15(19)17-14(18-2)10-13(11-16(17)20)12-8-5-4-6-9-12/h4-6,8-9,13,17H,3,7,10-11H2,1-2H3. The number of benzene rings is 1. The average Bonchev–Trinajstić information content (AvgIpc) is 2.47. The lowest BCUT2D eigenvalue weighted by Crippen LogP contribution is -2.38. The number of Topliss-reactive ketones (excluding diaryl/α,β-unsaturated/α-hetero) is 2. The zero-order valence-corrected chi connectivity index (χ0v) is 12.1. The second-order valence-electron chi connectivity index (χ2n) is 5.35. The van der Waals surface area contributed by atoms with Crippen molar-refractivity contribution in [1.82, 2.24) is 0 Å². The highest BCUT2D eigenvalue weighted by atomic mass is 16.2. The maximum absolute atomic E-state index is 12.4. The van der Waals surface area contributed by atoms with E-state index in [9.17, 15) is 9.59 Å². The van der Waals surface area contributed by atoms with Crippen LogP contribution in [0.2, 0.25) is 0 Å². The molecule has 106 valence electrons. The highest BCUT2D eigenvalue weighted by Gasteiger charge is 2.37. The molecule has 0 saturated heterocycles. The van der Waals surface area contributed by atoms with Gasteiger partial charge in [-0.05, 0) is 24.3 Å². The van der Waals surface area contributed by atoms with Crippen LogP contribution in [0.15, 0.2) is 35.3 Å². The van der Waals surface area contributed by atoms with Crippen molar-refractivity contribution in [2.24, 2.45) is 10.9 Å². The van der Waals surface area contributed by atoms with E-state index in [1.807, 2.05) is 37.3 Å². The molecule has 1 aromatic carbocycles. The molecule has 1 saturated carbocycles. The molecule has 0 aliphatic heterocycles. The molecule has 0 radical (unpaired) electrons. The van der Waals surface area contributed by atoms with Crippen molar-refractivity contribution in [3.63, 3.8) is 0 Å². The second-order valence-corrected chi connectivity index (χ2v) is 5.35. The maximum Gasteiger partial charge on any atom is 0.149 e. The molecule has 2 atom stereocenters. The summed E-state index contributed by atoms with van der Waals surface area (Å²) in [5.41, 5.74) is 1.91. The maximum atomic E-state index is 12.4. The summed E-state index contributed by atoms with van der Waals surface area (Å²) in [5.74, 6) is -0.359. The Morgan fingerprint density at radius 1 is 1.25 bits per heavy atom. The summed E-state index contributed by atoms with van der Waals surface area (Å²) in [7, 11) is 1.68. The largest absolute Gasteiger partial charge is 0.298 e. The highest BCUT2D eigenvalue weighted by molar-refractivity contribution is 6.22. The van der Waals surface area contributed by atoms with E-state index < -0.39 is 5.92 Å². The molecule has 0 N–H and O–H groups in total. The van der Waals surface area contributed by atoms with Gasteiger partial charge in [-0.15, -0.1) is 0 Å². The molecule has 0 bridgehead atoms. The van der Waals surface area contributed by atoms with Crippen LogP contribution < -0.4 is 0 Å². The minimum atomic E-state index is -0.583. The summed E-state index contributed by atoms with van der Waals surface area (Å²) < 4.78 is 0. The van der Waals surface area contributed by atoms with Gasteiger partial charge in [-0.1, -0.05) is 37.3 Å². The van der Waals surface area contributed by atoms with E-state index in [2.05, 4.69) is 4.99 Å². The van der Waals surface area contributed by atoms with Gasteiger partial charge in [0.25, 0.3) is 0 Å². The number of nitrogens with zero attached hydrogens (tertiary/aromatic N) is 1. The van der Waals surface area contributed by atoms with Crippen LogP contribution in [0.5, 0.6) is 0 Å². The SMILES string of the molecule is CCCC(=O)C1C(=O)CC(c2ccccc2)CC1=NC. The fraction of sp³-hybridized carbons (Fsp3) is 0.471. The van der Waals surface area contributed by atoms with Crippen molar-refractivity contribution in [2.45, 2.75) is 38.5 Å². The molecule has 1 aliphatic rings. The zero-order valence-electron chi connectivity index (χ0n) is 12.1. The van der Waals surface area contributed by atoms with Crippen LogP contribution in [0.3, 0.4) is 0 Å². The number of ketones is 2. The van der Waals surface area contributed by atoms with Crippen LogP contribution in [0, 0.1) is 5.92 Å². The molecule has 0 aromatic heterocycles. The fourth-order valence-electron chi connectivity index (χ4n) is 2.93. The Balaban J connectivity index is 2.21. The Hall–Kier alpha value is -1.77. The second kappa shape index (κ2) is 6.60. The first-order chi connectivity index (χ1) is 9.67. The topological polar surface area (TPSA) is 46.5 Å². The van der Waals surface area contributed by atoms with Crippen molar-refractivity contribution < 1.29 is 9.59 Å². The van der Waals surface area contributed by atoms with Crippen molar-refractivity contribution in [3.8, 4) is 0 Å². The van der Waals surface area contributed by atoms with Gasteiger partial charge in [-0.3, -0.25) is 14.6 Å². The number of hydrogen-bond acceptors (Lipinski definition) is 3. The van der Waals surface area contributed by atoms with Gasteiger partial charge in [0.2, 0.25) is 0 Å². The Bertz CT molecular complexity index is 519. The molecule has 20 heavy (non-hydrogen) atoms. The molecular formula is C17H21NO2. The first kappa shape index (κ1) is 14.6. The van der Waals surface area contributed by atoms with E-state index in [-0.39, 0.29) is 17.5 Å². The minimum absolute atomic E-state index is 0.0316.